The van der Waals surface area contributed by atoms with Crippen LogP contribution in [0.3, 0.4) is 0 Å². The van der Waals surface area contributed by atoms with Gasteiger partial charge in [0, 0.05) is 30.9 Å². The lowest BCUT2D eigenvalue weighted by atomic mass is 10.1. The second-order valence-electron chi connectivity index (χ2n) is 6.17. The maximum Gasteiger partial charge on any atom is 0.291 e. The van der Waals surface area contributed by atoms with Crippen LogP contribution in [0, 0.1) is 0 Å². The number of carbonyl (C=O) groups excluding carboxylic acids is 1. The standard InChI is InChI=1S/C21H21N5O2/c1-26(2)20-7-5-4-6-16(20)12-23-25-21(27)19-14-22-13-18(24-19)15-8-10-17(28-3)11-9-15/h4-14H,1-3H3,(H,25,27). The number of carbonyl (C=O) groups is 1. The van der Waals surface area contributed by atoms with Crippen LogP contribution in [0.15, 0.2) is 66.0 Å². The van der Waals surface area contributed by atoms with Gasteiger partial charge in [0.15, 0.2) is 0 Å². The maximum atomic E-state index is 12.4. The number of hydrogen-bond acceptors (Lipinski definition) is 6. The molecule has 2 aromatic carbocycles. The van der Waals surface area contributed by atoms with Gasteiger partial charge in [0.2, 0.25) is 0 Å². The van der Waals surface area contributed by atoms with Gasteiger partial charge in [-0.15, -0.1) is 0 Å². The van der Waals surface area contributed by atoms with E-state index in [9.17, 15) is 4.79 Å². The van der Waals surface area contributed by atoms with Crippen molar-refractivity contribution in [3.05, 3.63) is 72.2 Å². The molecular weight excluding hydrogens is 354 g/mol. The van der Waals surface area contributed by atoms with Gasteiger partial charge in [-0.2, -0.15) is 5.10 Å². The highest BCUT2D eigenvalue weighted by Crippen LogP contribution is 2.20. The molecule has 7 nitrogen and oxygen atoms in total. The van der Waals surface area contributed by atoms with Crippen LogP contribution in [0.4, 0.5) is 5.69 Å². The van der Waals surface area contributed by atoms with E-state index in [1.807, 2.05) is 67.5 Å². The van der Waals surface area contributed by atoms with E-state index in [4.69, 9.17) is 4.74 Å². The summed E-state index contributed by atoms with van der Waals surface area (Å²) in [6.45, 7) is 0. The van der Waals surface area contributed by atoms with Crippen LogP contribution in [-0.4, -0.2) is 43.3 Å². The zero-order chi connectivity index (χ0) is 19.9. The van der Waals surface area contributed by atoms with Gasteiger partial charge in [0.1, 0.15) is 11.4 Å². The Morgan fingerprint density at radius 3 is 2.57 bits per heavy atom. The molecule has 0 unspecified atom stereocenters. The first-order chi connectivity index (χ1) is 13.6. The highest BCUT2D eigenvalue weighted by Gasteiger charge is 2.09. The van der Waals surface area contributed by atoms with Gasteiger partial charge in [0.05, 0.1) is 31.4 Å². The fourth-order valence-electron chi connectivity index (χ4n) is 2.60. The number of amides is 1. The first-order valence-electron chi connectivity index (χ1n) is 8.64. The molecule has 1 amide bonds. The topological polar surface area (TPSA) is 79.7 Å². The van der Waals surface area contributed by atoms with Crippen LogP contribution in [0.5, 0.6) is 5.75 Å². The van der Waals surface area contributed by atoms with E-state index in [2.05, 4.69) is 20.5 Å². The third kappa shape index (κ3) is 4.50. The SMILES string of the molecule is COc1ccc(-c2cncc(C(=O)NN=Cc3ccccc3N(C)C)n2)cc1. The molecule has 0 aliphatic heterocycles. The number of para-hydroxylation sites is 1. The molecule has 1 heterocycles. The Balaban J connectivity index is 1.73. The number of hydrazone groups is 1. The first-order valence-corrected chi connectivity index (χ1v) is 8.64. The van der Waals surface area contributed by atoms with Crippen molar-refractivity contribution in [2.24, 2.45) is 5.10 Å². The van der Waals surface area contributed by atoms with Crippen LogP contribution in [0.1, 0.15) is 16.1 Å². The second-order valence-corrected chi connectivity index (χ2v) is 6.17. The maximum absolute atomic E-state index is 12.4. The number of ether oxygens (including phenoxy) is 1. The van der Waals surface area contributed by atoms with Crippen LogP contribution >= 0.6 is 0 Å². The number of aromatic nitrogens is 2. The van der Waals surface area contributed by atoms with E-state index >= 15 is 0 Å². The smallest absolute Gasteiger partial charge is 0.291 e. The monoisotopic (exact) mass is 375 g/mol. The largest absolute Gasteiger partial charge is 0.497 e. The Bertz CT molecular complexity index is 984. The van der Waals surface area contributed by atoms with Crippen LogP contribution in [0.25, 0.3) is 11.3 Å². The summed E-state index contributed by atoms with van der Waals surface area (Å²) in [6, 6.07) is 15.2. The average Bonchev–Trinajstić information content (AvgIpc) is 2.74. The molecule has 0 saturated carbocycles. The fraction of sp³-hybridized carbons (Fsp3) is 0.143. The predicted octanol–water partition coefficient (Wildman–Crippen LogP) is 2.98. The molecule has 0 saturated heterocycles. The lowest BCUT2D eigenvalue weighted by Gasteiger charge is -2.14. The van der Waals surface area contributed by atoms with Gasteiger partial charge in [-0.05, 0) is 30.3 Å². The molecule has 0 aliphatic rings. The van der Waals surface area contributed by atoms with Crippen molar-refractivity contribution >= 4 is 17.8 Å². The molecule has 3 aromatic rings. The molecule has 0 atom stereocenters. The van der Waals surface area contributed by atoms with E-state index in [0.29, 0.717) is 5.69 Å². The first kappa shape index (κ1) is 19.0. The minimum Gasteiger partial charge on any atom is -0.497 e. The number of methoxy groups -OCH3 is 1. The number of benzene rings is 2. The van der Waals surface area contributed by atoms with E-state index in [0.717, 1.165) is 22.6 Å². The summed E-state index contributed by atoms with van der Waals surface area (Å²) in [7, 11) is 5.51. The van der Waals surface area contributed by atoms with Gasteiger partial charge in [0.25, 0.3) is 5.91 Å². The summed E-state index contributed by atoms with van der Waals surface area (Å²) in [5.41, 5.74) is 6.02. The van der Waals surface area contributed by atoms with E-state index < -0.39 is 5.91 Å². The van der Waals surface area contributed by atoms with E-state index in [1.165, 1.54) is 6.20 Å². The summed E-state index contributed by atoms with van der Waals surface area (Å²) in [5, 5.41) is 4.05. The highest BCUT2D eigenvalue weighted by atomic mass is 16.5. The Labute approximate surface area is 163 Å². The van der Waals surface area contributed by atoms with Crippen LogP contribution < -0.4 is 15.1 Å². The van der Waals surface area contributed by atoms with Crippen molar-refractivity contribution in [3.63, 3.8) is 0 Å². The average molecular weight is 375 g/mol. The molecule has 0 bridgehead atoms. The molecular formula is C21H21N5O2. The molecule has 7 heteroatoms. The van der Waals surface area contributed by atoms with E-state index in [1.54, 1.807) is 19.5 Å². The number of rotatable bonds is 6. The summed E-state index contributed by atoms with van der Waals surface area (Å²) < 4.78 is 5.15. The number of nitrogens with zero attached hydrogens (tertiary/aromatic N) is 4. The van der Waals surface area contributed by atoms with Crippen molar-refractivity contribution in [3.8, 4) is 17.0 Å². The lowest BCUT2D eigenvalue weighted by molar-refractivity contribution is 0.0950. The van der Waals surface area contributed by atoms with Crippen molar-refractivity contribution in [2.45, 2.75) is 0 Å². The number of nitrogens with one attached hydrogen (secondary N) is 1. The highest BCUT2D eigenvalue weighted by molar-refractivity contribution is 5.94. The molecule has 0 radical (unpaired) electrons. The molecule has 142 valence electrons. The Morgan fingerprint density at radius 2 is 1.86 bits per heavy atom. The normalized spacial score (nSPS) is 10.7. The van der Waals surface area contributed by atoms with Crippen molar-refractivity contribution < 1.29 is 9.53 Å². The summed E-state index contributed by atoms with van der Waals surface area (Å²) >= 11 is 0. The van der Waals surface area contributed by atoms with Crippen molar-refractivity contribution in [1.82, 2.24) is 15.4 Å². The molecule has 1 aromatic heterocycles. The van der Waals surface area contributed by atoms with Crippen molar-refractivity contribution in [1.29, 1.82) is 0 Å². The molecule has 0 spiro atoms. The van der Waals surface area contributed by atoms with Gasteiger partial charge >= 0.3 is 0 Å². The third-order valence-corrected chi connectivity index (χ3v) is 4.04. The third-order valence-electron chi connectivity index (χ3n) is 4.04. The van der Waals surface area contributed by atoms with Crippen molar-refractivity contribution in [2.75, 3.05) is 26.1 Å². The zero-order valence-corrected chi connectivity index (χ0v) is 16.0. The van der Waals surface area contributed by atoms with Gasteiger partial charge in [-0.3, -0.25) is 9.78 Å². The second kappa shape index (κ2) is 8.77. The molecule has 1 N–H and O–H groups in total. The number of anilines is 1. The summed E-state index contributed by atoms with van der Waals surface area (Å²) in [4.78, 5) is 22.8. The molecule has 3 rings (SSSR count). The minimum absolute atomic E-state index is 0.186. The Kier molecular flexibility index (Phi) is 5.96. The van der Waals surface area contributed by atoms with Gasteiger partial charge < -0.3 is 9.64 Å². The summed E-state index contributed by atoms with van der Waals surface area (Å²) in [5.74, 6) is 0.319. The fourth-order valence-corrected chi connectivity index (χ4v) is 2.60. The lowest BCUT2D eigenvalue weighted by Crippen LogP contribution is -2.19. The van der Waals surface area contributed by atoms with Crippen LogP contribution in [-0.2, 0) is 0 Å². The molecule has 0 aliphatic carbocycles. The predicted molar refractivity (Wildman–Crippen MR) is 110 cm³/mol. The van der Waals surface area contributed by atoms with Gasteiger partial charge in [-0.1, -0.05) is 18.2 Å². The summed E-state index contributed by atoms with van der Waals surface area (Å²) in [6.07, 6.45) is 4.62. The minimum atomic E-state index is -0.429. The quantitative estimate of drug-likeness (QED) is 0.529. The number of hydrogen-bond donors (Lipinski definition) is 1. The molecule has 28 heavy (non-hydrogen) atoms. The van der Waals surface area contributed by atoms with Crippen LogP contribution in [0.2, 0.25) is 0 Å². The van der Waals surface area contributed by atoms with E-state index in [-0.39, 0.29) is 5.69 Å². The molecule has 0 fully saturated rings. The van der Waals surface area contributed by atoms with Gasteiger partial charge in [-0.25, -0.2) is 10.4 Å². The zero-order valence-electron chi connectivity index (χ0n) is 16.0. The Hall–Kier alpha value is -3.74. The Morgan fingerprint density at radius 1 is 1.11 bits per heavy atom.